The number of ether oxygens (including phenoxy) is 2. The van der Waals surface area contributed by atoms with Crippen LogP contribution in [0.25, 0.3) is 35.2 Å². The zero-order valence-corrected chi connectivity index (χ0v) is 42.0. The molecular formula is C54H70MgN4O6-2. The van der Waals surface area contributed by atoms with Crippen molar-refractivity contribution in [3.8, 4) is 0 Å². The van der Waals surface area contributed by atoms with Gasteiger partial charge in [-0.3, -0.25) is 14.4 Å². The zero-order valence-electron chi connectivity index (χ0n) is 40.6. The number of fused-ring (bicyclic) bond motifs is 7. The number of allylic oxidation sites excluding steroid dienone is 3. The first-order chi connectivity index (χ1) is 30.7. The number of Topliss-reactive ketones (excluding diaryl/α,β-unsaturated/α-hetero) is 1. The summed E-state index contributed by atoms with van der Waals surface area (Å²) in [6.07, 6.45) is 23.4. The first kappa shape index (κ1) is 51.7. The van der Waals surface area contributed by atoms with E-state index in [1.165, 1.54) is 56.9 Å². The van der Waals surface area contributed by atoms with E-state index in [1.807, 2.05) is 51.2 Å². The van der Waals surface area contributed by atoms with Crippen molar-refractivity contribution in [2.45, 2.75) is 146 Å². The fraction of sp³-hybridized carbons (Fsp3) is 0.537. The fourth-order valence-electron chi connectivity index (χ4n) is 9.98. The van der Waals surface area contributed by atoms with E-state index in [-0.39, 0.29) is 53.9 Å². The molecule has 0 spiro atoms. The van der Waals surface area contributed by atoms with Gasteiger partial charge in [-0.25, -0.2) is 0 Å². The van der Waals surface area contributed by atoms with Crippen LogP contribution in [0, 0.1) is 50.4 Å². The molecule has 1 saturated heterocycles. The summed E-state index contributed by atoms with van der Waals surface area (Å²) in [5.74, 6) is -2.12. The summed E-state index contributed by atoms with van der Waals surface area (Å²) in [6.45, 7) is 22.6. The third-order valence-electron chi connectivity index (χ3n) is 14.0. The Labute approximate surface area is 403 Å². The van der Waals surface area contributed by atoms with E-state index in [2.05, 4.69) is 48.1 Å². The molecule has 11 heteroatoms. The Morgan fingerprint density at radius 2 is 1.52 bits per heavy atom. The molecule has 0 unspecified atom stereocenters. The summed E-state index contributed by atoms with van der Waals surface area (Å²) in [7, 11) is 0. The third kappa shape index (κ3) is 11.6. The molecule has 0 aromatic carbocycles. The first-order valence-corrected chi connectivity index (χ1v) is 23.9. The number of aliphatic hydroxyl groups is 1. The summed E-state index contributed by atoms with van der Waals surface area (Å²) in [5.41, 5.74) is 10.1. The van der Waals surface area contributed by atoms with Gasteiger partial charge in [0.05, 0.1) is 0 Å². The molecule has 5 heterocycles. The van der Waals surface area contributed by atoms with E-state index in [9.17, 15) is 19.5 Å². The van der Waals surface area contributed by atoms with Crippen LogP contribution in [-0.4, -0.2) is 59.3 Å². The molecule has 65 heavy (non-hydrogen) atoms. The molecule has 8 bridgehead atoms. The maximum atomic E-state index is 14.4. The van der Waals surface area contributed by atoms with Gasteiger partial charge < -0.3 is 34.8 Å². The molecule has 0 radical (unpaired) electrons. The Morgan fingerprint density at radius 1 is 0.846 bits per heavy atom. The number of hydrogen-bond acceptors (Lipinski definition) is 6. The van der Waals surface area contributed by atoms with Gasteiger partial charge >= 0.3 is 35.0 Å². The second kappa shape index (κ2) is 23.4. The fourth-order valence-corrected chi connectivity index (χ4v) is 9.98. The number of hydrogen-bond donors (Lipinski definition) is 1. The van der Waals surface area contributed by atoms with Gasteiger partial charge in [0, 0.05) is 12.0 Å². The number of ketones is 1. The summed E-state index contributed by atoms with van der Waals surface area (Å²) in [5, 5.41) is 16.4. The first-order valence-electron chi connectivity index (χ1n) is 23.9. The SMILES string of the molecule is C=Cc1c2[n-]c(c1C)/C=C1\[N-]/C(=C3\c4[n-]c(c(C)c4C(=O)[C@@H]3C(=O)OCO)/C=c3\[n-]/c(c(C)c3CC)=C\2)[C@@H](CCC(=O)OC/C=C(\C)CCC[C@H](C)CCC[C@H](C)CCCCC)[C@@H]1C.[Mg+2]. The molecule has 346 valence electrons. The van der Waals surface area contributed by atoms with E-state index >= 15 is 0 Å². The summed E-state index contributed by atoms with van der Waals surface area (Å²) in [6, 6.07) is 0. The van der Waals surface area contributed by atoms with Crippen LogP contribution >= 0.6 is 0 Å². The molecule has 10 nitrogen and oxygen atoms in total. The zero-order chi connectivity index (χ0) is 46.2. The topological polar surface area (TPSA) is 146 Å². The van der Waals surface area contributed by atoms with Gasteiger partial charge in [-0.2, -0.15) is 11.4 Å². The maximum Gasteiger partial charge on any atom is 2.00 e. The van der Waals surface area contributed by atoms with Crippen molar-refractivity contribution in [1.82, 2.24) is 15.0 Å². The predicted molar refractivity (Wildman–Crippen MR) is 261 cm³/mol. The summed E-state index contributed by atoms with van der Waals surface area (Å²) < 4.78 is 10.9. The molecular weight excluding hydrogens is 825 g/mol. The smallest absolute Gasteiger partial charge is 0.664 e. The largest absolute Gasteiger partial charge is 2.00 e. The molecule has 1 fully saturated rings. The van der Waals surface area contributed by atoms with Crippen molar-refractivity contribution in [1.29, 1.82) is 0 Å². The van der Waals surface area contributed by atoms with Crippen LogP contribution in [0.5, 0.6) is 0 Å². The van der Waals surface area contributed by atoms with E-state index in [0.29, 0.717) is 51.8 Å². The Kier molecular flexibility index (Phi) is 18.6. The van der Waals surface area contributed by atoms with Crippen LogP contribution in [-0.2, 0) is 25.5 Å². The monoisotopic (exact) mass is 895 g/mol. The number of carbonyl (C=O) groups excluding carboxylic acids is 3. The number of esters is 2. The Hall–Kier alpha value is -4.32. The van der Waals surface area contributed by atoms with Gasteiger partial charge in [-0.15, -0.1) is 33.5 Å². The molecule has 3 aliphatic rings. The van der Waals surface area contributed by atoms with E-state index in [4.69, 9.17) is 29.7 Å². The third-order valence-corrected chi connectivity index (χ3v) is 14.0. The van der Waals surface area contributed by atoms with Gasteiger partial charge in [0.1, 0.15) is 12.5 Å². The summed E-state index contributed by atoms with van der Waals surface area (Å²) in [4.78, 5) is 56.6. The molecule has 2 aliphatic heterocycles. The van der Waals surface area contributed by atoms with Gasteiger partial charge in [0.15, 0.2) is 12.6 Å². The second-order valence-corrected chi connectivity index (χ2v) is 18.7. The van der Waals surface area contributed by atoms with E-state index in [0.717, 1.165) is 69.5 Å². The van der Waals surface area contributed by atoms with Crippen LogP contribution in [0.1, 0.15) is 180 Å². The van der Waals surface area contributed by atoms with Gasteiger partial charge in [-0.05, 0) is 88.7 Å². The number of aromatic nitrogens is 3. The number of aliphatic hydroxyl groups excluding tert-OH is 1. The molecule has 1 N–H and O–H groups in total. The van der Waals surface area contributed by atoms with Crippen molar-refractivity contribution in [3.05, 3.63) is 102 Å². The van der Waals surface area contributed by atoms with Crippen LogP contribution in [0.3, 0.4) is 0 Å². The molecule has 5 atom stereocenters. The molecule has 6 rings (SSSR count). The second-order valence-electron chi connectivity index (χ2n) is 18.7. The average molecular weight is 895 g/mol. The average Bonchev–Trinajstić information content (AvgIpc) is 4.00. The minimum Gasteiger partial charge on any atom is -0.664 e. The van der Waals surface area contributed by atoms with Gasteiger partial charge in [0.2, 0.25) is 0 Å². The number of carbonyl (C=O) groups is 3. The molecule has 1 aliphatic carbocycles. The number of nitrogens with zero attached hydrogens (tertiary/aromatic N) is 4. The van der Waals surface area contributed by atoms with Crippen LogP contribution in [0.15, 0.2) is 29.6 Å². The summed E-state index contributed by atoms with van der Waals surface area (Å²) >= 11 is 0. The maximum absolute atomic E-state index is 14.4. The van der Waals surface area contributed by atoms with Crippen molar-refractivity contribution in [2.75, 3.05) is 13.4 Å². The number of unbranched alkanes of at least 4 members (excludes halogenated alkanes) is 2. The van der Waals surface area contributed by atoms with Gasteiger partial charge in [-0.1, -0.05) is 150 Å². The van der Waals surface area contributed by atoms with Crippen molar-refractivity contribution >= 4 is 70.7 Å². The standard InChI is InChI=1S/C54H71N4O6.Mg/c1-11-14-15-18-31(4)19-16-20-32(5)21-17-22-33(6)25-26-63-47(60)24-23-40-36(9)43-27-41-34(7)38(12-2)45(55-41)28-42-35(8)39(13-3)46(56-42)29-44-37(10)48-52(58-44)49(51(40)57-43)50(53(48)61)54(62)64-30-59;/h12,25,27-29,31-32,36,40,50,59H,2,11,13-24,26,30H2,1,3-10H3,(H-,57,58,61);/q-3;+2/p-1/b33-25+,42-28-,43-27-,46-29-;/t31-,32-,36+,40+,50-;/m1./s1. The van der Waals surface area contributed by atoms with Crippen molar-refractivity contribution in [3.63, 3.8) is 0 Å². The quantitative estimate of drug-likeness (QED) is 0.0276. The Balaban J connectivity index is 0.00000793. The van der Waals surface area contributed by atoms with Crippen molar-refractivity contribution in [2.24, 2.45) is 29.6 Å². The van der Waals surface area contributed by atoms with E-state index < -0.39 is 24.5 Å². The van der Waals surface area contributed by atoms with Crippen molar-refractivity contribution < 1.29 is 29.0 Å². The molecule has 0 saturated carbocycles. The van der Waals surface area contributed by atoms with Crippen LogP contribution < -0.4 is 25.7 Å². The van der Waals surface area contributed by atoms with Gasteiger partial charge in [0.25, 0.3) is 0 Å². The number of rotatable bonds is 21. The van der Waals surface area contributed by atoms with Crippen LogP contribution in [0.2, 0.25) is 0 Å². The Bertz CT molecular complexity index is 2440. The van der Waals surface area contributed by atoms with Crippen LogP contribution in [0.4, 0.5) is 0 Å². The molecule has 3 aromatic heterocycles. The Morgan fingerprint density at radius 3 is 2.20 bits per heavy atom. The normalized spacial score (nSPS) is 21.6. The molecule has 0 amide bonds. The predicted octanol–water partition coefficient (Wildman–Crippen LogP) is 9.44. The van der Waals surface area contributed by atoms with E-state index in [1.54, 1.807) is 0 Å². The molecule has 3 aromatic rings. The minimum atomic E-state index is -1.37. The minimum absolute atomic E-state index is 0.